The van der Waals surface area contributed by atoms with E-state index in [1.54, 1.807) is 0 Å². The van der Waals surface area contributed by atoms with Gasteiger partial charge in [-0.05, 0) is 19.7 Å². The van der Waals surface area contributed by atoms with Crippen molar-refractivity contribution in [1.29, 1.82) is 0 Å². The van der Waals surface area contributed by atoms with E-state index in [4.69, 9.17) is 11.0 Å². The quantitative estimate of drug-likeness (QED) is 0.739. The highest BCUT2D eigenvalue weighted by Gasteiger charge is 2.35. The molecule has 2 rings (SSSR count). The van der Waals surface area contributed by atoms with Gasteiger partial charge < -0.3 is 9.30 Å². The minimum absolute atomic E-state index is 0.291. The number of rotatable bonds is 3. The summed E-state index contributed by atoms with van der Waals surface area (Å²) >= 11 is 0. The van der Waals surface area contributed by atoms with Crippen LogP contribution in [0.5, 0.6) is 0 Å². The second-order valence-electron chi connectivity index (χ2n) is 3.43. The average molecular weight is 230 g/mol. The summed E-state index contributed by atoms with van der Waals surface area (Å²) in [5.41, 5.74) is -0.340. The van der Waals surface area contributed by atoms with E-state index >= 15 is 0 Å². The van der Waals surface area contributed by atoms with Crippen LogP contribution in [0.25, 0.3) is 0 Å². The second-order valence-corrected chi connectivity index (χ2v) is 3.43. The van der Waals surface area contributed by atoms with Crippen molar-refractivity contribution in [1.82, 2.24) is 9.55 Å². The number of hydrogen-bond donors (Lipinski definition) is 0. The summed E-state index contributed by atoms with van der Waals surface area (Å²) in [6, 6.07) is 0. The number of nitrogens with zero attached hydrogens (tertiary/aromatic N) is 2. The maximum absolute atomic E-state index is 12.1. The van der Waals surface area contributed by atoms with Crippen LogP contribution < -0.4 is 0 Å². The van der Waals surface area contributed by atoms with Gasteiger partial charge in [0, 0.05) is 31.7 Å². The van der Waals surface area contributed by atoms with E-state index in [0.717, 1.165) is 6.92 Å². The first-order chi connectivity index (χ1) is 10.6. The largest absolute Gasteiger partial charge is 0.465 e. The summed E-state index contributed by atoms with van der Waals surface area (Å²) < 4.78 is 69.9. The third-order valence-electron chi connectivity index (χ3n) is 2.47. The van der Waals surface area contributed by atoms with Gasteiger partial charge in [0.1, 0.15) is 5.82 Å². The van der Waals surface area contributed by atoms with E-state index < -0.39 is 43.3 Å². The van der Waals surface area contributed by atoms with Crippen molar-refractivity contribution in [3.05, 3.63) is 17.7 Å². The van der Waals surface area contributed by atoms with Crippen LogP contribution in [0.2, 0.25) is 0 Å². The lowest BCUT2D eigenvalue weighted by Crippen LogP contribution is -2.18. The van der Waals surface area contributed by atoms with E-state index in [-0.39, 0.29) is 5.69 Å². The normalized spacial score (nSPS) is 41.7. The van der Waals surface area contributed by atoms with Crippen molar-refractivity contribution >= 4 is 5.97 Å². The number of carbonyl (C=O) groups excluding carboxylic acids is 1. The molecule has 0 unspecified atom stereocenters. The minimum atomic E-state index is -2.92. The SMILES string of the molecule is [2H]c1nc(C)n(C)c1C([2H])([2H])[C@H]1C([2H])([2H])OC(=O)[C@@]1([2H])C([2H])([2H])C. The number of aryl methyl sites for hydroxylation is 1. The lowest BCUT2D eigenvalue weighted by Gasteiger charge is -2.13. The predicted octanol–water partition coefficient (Wildman–Crippen LogP) is 1.47. The Balaban J connectivity index is 2.76. The molecule has 2 heterocycles. The lowest BCUT2D eigenvalue weighted by atomic mass is 9.89. The molecule has 0 aromatic carbocycles. The molecule has 1 aliphatic rings. The Hall–Kier alpha value is -1.32. The van der Waals surface area contributed by atoms with Gasteiger partial charge in [-0.3, -0.25) is 4.79 Å². The zero-order chi connectivity index (χ0) is 18.9. The van der Waals surface area contributed by atoms with Crippen molar-refractivity contribution in [3.63, 3.8) is 0 Å². The van der Waals surface area contributed by atoms with Gasteiger partial charge in [-0.1, -0.05) is 6.92 Å². The number of esters is 1. The zero-order valence-electron chi connectivity index (χ0n) is 17.3. The van der Waals surface area contributed by atoms with Crippen LogP contribution in [0.4, 0.5) is 0 Å². The van der Waals surface area contributed by atoms with Gasteiger partial charge in [0.05, 0.1) is 16.6 Å². The van der Waals surface area contributed by atoms with Crippen molar-refractivity contribution in [2.45, 2.75) is 26.6 Å². The minimum Gasteiger partial charge on any atom is -0.465 e. The number of ether oxygens (including phenoxy) is 1. The molecule has 0 saturated carbocycles. The van der Waals surface area contributed by atoms with Crippen molar-refractivity contribution < 1.29 is 20.5 Å². The molecule has 0 spiro atoms. The molecular formula is C12H18N2O2. The van der Waals surface area contributed by atoms with Gasteiger partial charge >= 0.3 is 5.97 Å². The smallest absolute Gasteiger partial charge is 0.309 e. The Kier molecular flexibility index (Phi) is 1.31. The van der Waals surface area contributed by atoms with Crippen LogP contribution in [0.1, 0.15) is 35.8 Å². The van der Waals surface area contributed by atoms with Gasteiger partial charge in [-0.25, -0.2) is 4.98 Å². The molecule has 4 heteroatoms. The highest BCUT2D eigenvalue weighted by molar-refractivity contribution is 5.74. The van der Waals surface area contributed by atoms with E-state index in [0.29, 0.717) is 5.82 Å². The summed E-state index contributed by atoms with van der Waals surface area (Å²) in [6.45, 7) is -0.492. The van der Waals surface area contributed by atoms with Gasteiger partial charge in [0.15, 0.2) is 0 Å². The third-order valence-corrected chi connectivity index (χ3v) is 2.47. The molecule has 88 valence electrons. The Bertz CT molecular complexity index is 696. The van der Waals surface area contributed by atoms with Crippen LogP contribution in [-0.2, 0) is 23.0 Å². The fourth-order valence-electron chi connectivity index (χ4n) is 1.40. The summed E-state index contributed by atoms with van der Waals surface area (Å²) in [6.07, 6.45) is -5.80. The van der Waals surface area contributed by atoms with Crippen molar-refractivity contribution in [3.8, 4) is 0 Å². The van der Waals surface area contributed by atoms with Gasteiger partial charge in [0.25, 0.3) is 0 Å². The summed E-state index contributed by atoms with van der Waals surface area (Å²) in [7, 11) is 1.42. The molecule has 2 atom stereocenters. The van der Waals surface area contributed by atoms with Gasteiger partial charge in [-0.15, -0.1) is 0 Å². The maximum Gasteiger partial charge on any atom is 0.309 e. The molecule has 1 fully saturated rings. The Morgan fingerprint density at radius 1 is 1.94 bits per heavy atom. The summed E-state index contributed by atoms with van der Waals surface area (Å²) in [5.74, 6) is -6.15. The molecule has 4 nitrogen and oxygen atoms in total. The average Bonchev–Trinajstić information content (AvgIpc) is 2.70. The number of hydrogen-bond acceptors (Lipinski definition) is 3. The van der Waals surface area contributed by atoms with Crippen molar-refractivity contribution in [2.24, 2.45) is 18.9 Å². The standard InChI is InChI=1S/C12H18N2O2/c1-4-11-9(7-16-12(11)15)5-10-6-13-8(2)14(10)3/h6,9,11H,4-5,7H2,1-3H3/t9-,11-/m0/s1/i4D2,5D2,6D,7D2,11D. The molecule has 0 amide bonds. The molecule has 1 saturated heterocycles. The fraction of sp³-hybridized carbons (Fsp3) is 0.667. The first kappa shape index (κ1) is 4.90. The van der Waals surface area contributed by atoms with Crippen molar-refractivity contribution in [2.75, 3.05) is 6.56 Å². The van der Waals surface area contributed by atoms with Gasteiger partial charge in [-0.2, -0.15) is 0 Å². The molecular weight excluding hydrogens is 204 g/mol. The maximum atomic E-state index is 12.1. The highest BCUT2D eigenvalue weighted by Crippen LogP contribution is 2.28. The molecule has 16 heavy (non-hydrogen) atoms. The Labute approximate surface area is 107 Å². The molecule has 0 bridgehead atoms. The number of carbonyl (C=O) groups is 1. The molecule has 0 N–H and O–H groups in total. The molecule has 1 aliphatic heterocycles. The first-order valence-electron chi connectivity index (χ1n) is 8.82. The van der Waals surface area contributed by atoms with E-state index in [1.165, 1.54) is 18.5 Å². The van der Waals surface area contributed by atoms with Crippen LogP contribution in [0.15, 0.2) is 6.17 Å². The number of cyclic esters (lactones) is 1. The lowest BCUT2D eigenvalue weighted by molar-refractivity contribution is -0.141. The monoisotopic (exact) mass is 230 g/mol. The van der Waals surface area contributed by atoms with E-state index in [9.17, 15) is 4.79 Å². The number of aromatic nitrogens is 2. The molecule has 1 aromatic rings. The Morgan fingerprint density at radius 3 is 3.25 bits per heavy atom. The number of imidazole rings is 1. The highest BCUT2D eigenvalue weighted by atomic mass is 16.5. The third kappa shape index (κ3) is 1.84. The van der Waals surface area contributed by atoms with Crippen LogP contribution >= 0.6 is 0 Å². The molecule has 0 aliphatic carbocycles. The van der Waals surface area contributed by atoms with E-state index in [2.05, 4.69) is 9.72 Å². The van der Waals surface area contributed by atoms with E-state index in [1.807, 2.05) is 0 Å². The fourth-order valence-corrected chi connectivity index (χ4v) is 1.40. The van der Waals surface area contributed by atoms with Crippen LogP contribution in [-0.4, -0.2) is 22.1 Å². The van der Waals surface area contributed by atoms with Crippen LogP contribution in [0.3, 0.4) is 0 Å². The summed E-state index contributed by atoms with van der Waals surface area (Å²) in [5, 5.41) is 0. The molecule has 1 aromatic heterocycles. The topological polar surface area (TPSA) is 44.1 Å². The Morgan fingerprint density at radius 2 is 2.69 bits per heavy atom. The van der Waals surface area contributed by atoms with Gasteiger partial charge in [0.2, 0.25) is 0 Å². The summed E-state index contributed by atoms with van der Waals surface area (Å²) in [4.78, 5) is 15.9. The predicted molar refractivity (Wildman–Crippen MR) is 59.9 cm³/mol. The first-order valence-corrected chi connectivity index (χ1v) is 4.82. The second kappa shape index (κ2) is 4.28. The van der Waals surface area contributed by atoms with Crippen LogP contribution in [0, 0.1) is 18.7 Å². The zero-order valence-corrected chi connectivity index (χ0v) is 9.29. The molecule has 0 radical (unpaired) electrons.